The Balaban J connectivity index is 1.69. The number of carbonyl (C=O) groups excluding carboxylic acids is 2. The van der Waals surface area contributed by atoms with E-state index in [1.165, 1.54) is 7.11 Å². The molecule has 130 valence electrons. The molecule has 0 amide bonds. The van der Waals surface area contributed by atoms with E-state index in [4.69, 9.17) is 9.47 Å². The number of hydrogen-bond donors (Lipinski definition) is 0. The zero-order valence-electron chi connectivity index (χ0n) is 14.3. The molecule has 0 bridgehead atoms. The van der Waals surface area contributed by atoms with Gasteiger partial charge in [-0.3, -0.25) is 4.79 Å². The first-order chi connectivity index (χ1) is 12.2. The standard InChI is InChI=1S/C21H22O4/c1-24-20(22)13-19(16-10-11-16)17-8-5-9-18(12-17)21(23)25-14-15-6-3-2-4-7-15/h2-9,12,16,19H,10-11,13-14H2,1H3/t19-/m0/s1. The van der Waals surface area contributed by atoms with E-state index in [2.05, 4.69) is 0 Å². The number of esters is 2. The Morgan fingerprint density at radius 2 is 1.84 bits per heavy atom. The molecule has 0 aromatic heterocycles. The Kier molecular flexibility index (Phi) is 5.49. The molecule has 0 saturated heterocycles. The lowest BCUT2D eigenvalue weighted by Gasteiger charge is -2.16. The molecule has 1 saturated carbocycles. The van der Waals surface area contributed by atoms with Gasteiger partial charge in [-0.25, -0.2) is 4.79 Å². The Bertz CT molecular complexity index is 735. The third-order valence-electron chi connectivity index (χ3n) is 4.57. The lowest BCUT2D eigenvalue weighted by molar-refractivity contribution is -0.141. The molecule has 0 radical (unpaired) electrons. The van der Waals surface area contributed by atoms with Crippen molar-refractivity contribution < 1.29 is 19.1 Å². The lowest BCUT2D eigenvalue weighted by Crippen LogP contribution is -2.12. The van der Waals surface area contributed by atoms with Crippen LogP contribution in [0.25, 0.3) is 0 Å². The van der Waals surface area contributed by atoms with Crippen LogP contribution >= 0.6 is 0 Å². The first-order valence-corrected chi connectivity index (χ1v) is 8.55. The highest BCUT2D eigenvalue weighted by Crippen LogP contribution is 2.44. The molecule has 0 N–H and O–H groups in total. The summed E-state index contributed by atoms with van der Waals surface area (Å²) in [6.45, 7) is 0.248. The quantitative estimate of drug-likeness (QED) is 0.713. The van der Waals surface area contributed by atoms with E-state index in [1.807, 2.05) is 48.5 Å². The second kappa shape index (κ2) is 7.97. The van der Waals surface area contributed by atoms with Crippen molar-refractivity contribution in [2.24, 2.45) is 5.92 Å². The van der Waals surface area contributed by atoms with E-state index in [9.17, 15) is 9.59 Å². The van der Waals surface area contributed by atoms with Gasteiger partial charge in [0.05, 0.1) is 19.1 Å². The fourth-order valence-electron chi connectivity index (χ4n) is 3.02. The second-order valence-corrected chi connectivity index (χ2v) is 6.41. The summed E-state index contributed by atoms with van der Waals surface area (Å²) in [7, 11) is 1.41. The van der Waals surface area contributed by atoms with Crippen LogP contribution in [0.5, 0.6) is 0 Å². The van der Waals surface area contributed by atoms with Crippen LogP contribution in [-0.2, 0) is 20.9 Å². The van der Waals surface area contributed by atoms with Gasteiger partial charge < -0.3 is 9.47 Å². The van der Waals surface area contributed by atoms with Gasteiger partial charge in [0.15, 0.2) is 0 Å². The summed E-state index contributed by atoms with van der Waals surface area (Å²) in [4.78, 5) is 24.0. The van der Waals surface area contributed by atoms with Crippen molar-refractivity contribution in [2.45, 2.75) is 31.8 Å². The predicted octanol–water partition coefficient (Wildman–Crippen LogP) is 4.10. The molecule has 2 aromatic carbocycles. The molecule has 4 nitrogen and oxygen atoms in total. The highest BCUT2D eigenvalue weighted by Gasteiger charge is 2.34. The summed E-state index contributed by atoms with van der Waals surface area (Å²) in [6.07, 6.45) is 2.58. The summed E-state index contributed by atoms with van der Waals surface area (Å²) in [5, 5.41) is 0. The molecule has 1 atom stereocenters. The van der Waals surface area contributed by atoms with Gasteiger partial charge in [-0.05, 0) is 47.9 Å². The minimum atomic E-state index is -0.349. The average molecular weight is 338 g/mol. The second-order valence-electron chi connectivity index (χ2n) is 6.41. The van der Waals surface area contributed by atoms with Gasteiger partial charge in [-0.1, -0.05) is 42.5 Å². The van der Waals surface area contributed by atoms with Gasteiger partial charge in [0, 0.05) is 0 Å². The third-order valence-corrected chi connectivity index (χ3v) is 4.57. The fraction of sp³-hybridized carbons (Fsp3) is 0.333. The predicted molar refractivity (Wildman–Crippen MR) is 94.1 cm³/mol. The summed E-state index contributed by atoms with van der Waals surface area (Å²) in [6, 6.07) is 17.0. The van der Waals surface area contributed by atoms with E-state index < -0.39 is 0 Å². The van der Waals surface area contributed by atoms with E-state index in [0.717, 1.165) is 24.0 Å². The minimum absolute atomic E-state index is 0.106. The van der Waals surface area contributed by atoms with Crippen LogP contribution in [0.15, 0.2) is 54.6 Å². The van der Waals surface area contributed by atoms with Crippen molar-refractivity contribution in [3.63, 3.8) is 0 Å². The van der Waals surface area contributed by atoms with Crippen LogP contribution in [0.3, 0.4) is 0 Å². The number of ether oxygens (including phenoxy) is 2. The molecule has 1 aliphatic rings. The van der Waals surface area contributed by atoms with Crippen LogP contribution in [0.4, 0.5) is 0 Å². The van der Waals surface area contributed by atoms with Crippen LogP contribution < -0.4 is 0 Å². The molecule has 2 aromatic rings. The molecular formula is C21H22O4. The molecule has 0 aliphatic heterocycles. The van der Waals surface area contributed by atoms with Gasteiger partial charge >= 0.3 is 11.9 Å². The smallest absolute Gasteiger partial charge is 0.338 e. The van der Waals surface area contributed by atoms with Crippen molar-refractivity contribution >= 4 is 11.9 Å². The molecule has 0 unspecified atom stereocenters. The SMILES string of the molecule is COC(=O)C[C@H](c1cccc(C(=O)OCc2ccccc2)c1)C1CC1. The molecule has 4 heteroatoms. The molecule has 3 rings (SSSR count). The zero-order valence-corrected chi connectivity index (χ0v) is 14.3. The highest BCUT2D eigenvalue weighted by atomic mass is 16.5. The maximum Gasteiger partial charge on any atom is 0.338 e. The number of carbonyl (C=O) groups is 2. The van der Waals surface area contributed by atoms with E-state index in [1.54, 1.807) is 6.07 Å². The number of hydrogen-bond acceptors (Lipinski definition) is 4. The molecular weight excluding hydrogens is 316 g/mol. The summed E-state index contributed by atoms with van der Waals surface area (Å²) >= 11 is 0. The first kappa shape index (κ1) is 17.2. The Labute approximate surface area is 147 Å². The van der Waals surface area contributed by atoms with Crippen molar-refractivity contribution in [3.05, 3.63) is 71.3 Å². The van der Waals surface area contributed by atoms with Crippen LogP contribution in [0.1, 0.15) is 46.7 Å². The van der Waals surface area contributed by atoms with E-state index in [0.29, 0.717) is 17.9 Å². The fourth-order valence-corrected chi connectivity index (χ4v) is 3.02. The Morgan fingerprint density at radius 1 is 1.08 bits per heavy atom. The molecule has 0 heterocycles. The summed E-state index contributed by atoms with van der Waals surface area (Å²) < 4.78 is 10.2. The molecule has 25 heavy (non-hydrogen) atoms. The van der Waals surface area contributed by atoms with Gasteiger partial charge in [-0.2, -0.15) is 0 Å². The molecule has 1 aliphatic carbocycles. The Morgan fingerprint density at radius 3 is 2.52 bits per heavy atom. The summed E-state index contributed by atoms with van der Waals surface area (Å²) in [5.74, 6) is 0.0382. The van der Waals surface area contributed by atoms with Crippen molar-refractivity contribution in [2.75, 3.05) is 7.11 Å². The molecule has 0 spiro atoms. The van der Waals surface area contributed by atoms with Crippen molar-refractivity contribution in [3.8, 4) is 0 Å². The number of rotatable bonds is 7. The number of benzene rings is 2. The third kappa shape index (κ3) is 4.69. The van der Waals surface area contributed by atoms with Crippen molar-refractivity contribution in [1.29, 1.82) is 0 Å². The van der Waals surface area contributed by atoms with Crippen LogP contribution in [0, 0.1) is 5.92 Å². The van der Waals surface area contributed by atoms with Gasteiger partial charge in [0.2, 0.25) is 0 Å². The van der Waals surface area contributed by atoms with Gasteiger partial charge in [0.1, 0.15) is 6.61 Å². The van der Waals surface area contributed by atoms with E-state index >= 15 is 0 Å². The monoisotopic (exact) mass is 338 g/mol. The Hall–Kier alpha value is -2.62. The van der Waals surface area contributed by atoms with Crippen LogP contribution in [-0.4, -0.2) is 19.0 Å². The van der Waals surface area contributed by atoms with Crippen molar-refractivity contribution in [1.82, 2.24) is 0 Å². The van der Waals surface area contributed by atoms with Crippen LogP contribution in [0.2, 0.25) is 0 Å². The molecule has 1 fully saturated rings. The normalized spacial score (nSPS) is 14.6. The van der Waals surface area contributed by atoms with Gasteiger partial charge in [-0.15, -0.1) is 0 Å². The van der Waals surface area contributed by atoms with Gasteiger partial charge in [0.25, 0.3) is 0 Å². The summed E-state index contributed by atoms with van der Waals surface area (Å²) in [5.41, 5.74) is 2.47. The maximum atomic E-state index is 12.3. The topological polar surface area (TPSA) is 52.6 Å². The average Bonchev–Trinajstić information content (AvgIpc) is 3.50. The van der Waals surface area contributed by atoms with E-state index in [-0.39, 0.29) is 24.5 Å². The maximum absolute atomic E-state index is 12.3. The highest BCUT2D eigenvalue weighted by molar-refractivity contribution is 5.89. The zero-order chi connectivity index (χ0) is 17.6. The largest absolute Gasteiger partial charge is 0.469 e. The minimum Gasteiger partial charge on any atom is -0.469 e. The number of methoxy groups -OCH3 is 1. The first-order valence-electron chi connectivity index (χ1n) is 8.55. The lowest BCUT2D eigenvalue weighted by atomic mass is 9.90.